The summed E-state index contributed by atoms with van der Waals surface area (Å²) in [5.41, 5.74) is 0.625. The first-order valence-electron chi connectivity index (χ1n) is 7.23. The van der Waals surface area contributed by atoms with E-state index in [1.165, 1.54) is 0 Å². The quantitative estimate of drug-likeness (QED) is 0.845. The summed E-state index contributed by atoms with van der Waals surface area (Å²) in [6, 6.07) is 15.3. The predicted molar refractivity (Wildman–Crippen MR) is 89.4 cm³/mol. The van der Waals surface area contributed by atoms with Crippen LogP contribution in [0.5, 0.6) is 5.75 Å². The number of methoxy groups -OCH3 is 1. The lowest BCUT2D eigenvalue weighted by atomic mass is 10.2. The monoisotopic (exact) mass is 333 g/mol. The molecule has 0 bridgehead atoms. The normalized spacial score (nSPS) is 11.0. The first-order valence-corrected chi connectivity index (χ1v) is 8.88. The fourth-order valence-electron chi connectivity index (χ4n) is 2.09. The highest BCUT2D eigenvalue weighted by Gasteiger charge is 2.14. The van der Waals surface area contributed by atoms with Crippen molar-refractivity contribution < 1.29 is 17.9 Å². The molecule has 0 aliphatic heterocycles. The van der Waals surface area contributed by atoms with Crippen molar-refractivity contribution >= 4 is 21.4 Å². The van der Waals surface area contributed by atoms with E-state index in [0.717, 1.165) is 0 Å². The van der Waals surface area contributed by atoms with Crippen LogP contribution in [0.25, 0.3) is 0 Å². The Labute approximate surface area is 136 Å². The van der Waals surface area contributed by atoms with Crippen LogP contribution in [0.2, 0.25) is 0 Å². The zero-order valence-electron chi connectivity index (χ0n) is 12.9. The molecule has 1 N–H and O–H groups in total. The lowest BCUT2D eigenvalue weighted by molar-refractivity contribution is -0.116. The van der Waals surface area contributed by atoms with Gasteiger partial charge in [0.25, 0.3) is 0 Å². The van der Waals surface area contributed by atoms with Crippen molar-refractivity contribution in [3.63, 3.8) is 0 Å². The van der Waals surface area contributed by atoms with Crippen LogP contribution in [0.4, 0.5) is 5.69 Å². The number of hydrogen-bond acceptors (Lipinski definition) is 4. The van der Waals surface area contributed by atoms with E-state index in [4.69, 9.17) is 4.74 Å². The van der Waals surface area contributed by atoms with Crippen LogP contribution in [0, 0.1) is 0 Å². The lowest BCUT2D eigenvalue weighted by Gasteiger charge is -2.07. The number of nitrogens with one attached hydrogen (secondary N) is 1. The SMILES string of the molecule is COc1cccc(NC(=O)CCCS(=O)(=O)c2ccccc2)c1. The highest BCUT2D eigenvalue weighted by atomic mass is 32.2. The Morgan fingerprint density at radius 2 is 1.83 bits per heavy atom. The Morgan fingerprint density at radius 1 is 1.09 bits per heavy atom. The van der Waals surface area contributed by atoms with Crippen molar-refractivity contribution in [3.05, 3.63) is 54.6 Å². The van der Waals surface area contributed by atoms with Crippen LogP contribution in [0.1, 0.15) is 12.8 Å². The van der Waals surface area contributed by atoms with Crippen LogP contribution < -0.4 is 10.1 Å². The first-order chi connectivity index (χ1) is 11.0. The van der Waals surface area contributed by atoms with Gasteiger partial charge < -0.3 is 10.1 Å². The number of sulfone groups is 1. The van der Waals surface area contributed by atoms with Crippen LogP contribution in [0.3, 0.4) is 0 Å². The molecule has 1 amide bonds. The predicted octanol–water partition coefficient (Wildman–Crippen LogP) is 2.89. The third-order valence-electron chi connectivity index (χ3n) is 3.27. The van der Waals surface area contributed by atoms with Crippen molar-refractivity contribution in [3.8, 4) is 5.75 Å². The highest BCUT2D eigenvalue weighted by molar-refractivity contribution is 7.91. The van der Waals surface area contributed by atoms with Crippen molar-refractivity contribution in [2.45, 2.75) is 17.7 Å². The smallest absolute Gasteiger partial charge is 0.224 e. The van der Waals surface area contributed by atoms with Crippen LogP contribution in [0.15, 0.2) is 59.5 Å². The Hall–Kier alpha value is -2.34. The van der Waals surface area contributed by atoms with E-state index < -0.39 is 9.84 Å². The zero-order chi connectivity index (χ0) is 16.7. The van der Waals surface area contributed by atoms with Gasteiger partial charge in [0, 0.05) is 18.2 Å². The highest BCUT2D eigenvalue weighted by Crippen LogP contribution is 2.17. The number of amides is 1. The van der Waals surface area contributed by atoms with Gasteiger partial charge in [-0.3, -0.25) is 4.79 Å². The number of hydrogen-bond donors (Lipinski definition) is 1. The summed E-state index contributed by atoms with van der Waals surface area (Å²) in [4.78, 5) is 12.2. The largest absolute Gasteiger partial charge is 0.497 e. The average molecular weight is 333 g/mol. The number of ether oxygens (including phenoxy) is 1. The average Bonchev–Trinajstić information content (AvgIpc) is 2.55. The van der Waals surface area contributed by atoms with E-state index in [0.29, 0.717) is 11.4 Å². The van der Waals surface area contributed by atoms with Crippen molar-refractivity contribution in [1.29, 1.82) is 0 Å². The molecule has 0 heterocycles. The third-order valence-corrected chi connectivity index (χ3v) is 5.09. The molecule has 0 fully saturated rings. The second-order valence-electron chi connectivity index (χ2n) is 5.02. The van der Waals surface area contributed by atoms with E-state index in [2.05, 4.69) is 5.32 Å². The molecule has 0 unspecified atom stereocenters. The summed E-state index contributed by atoms with van der Waals surface area (Å²) in [7, 11) is -1.79. The summed E-state index contributed by atoms with van der Waals surface area (Å²) in [5.74, 6) is 0.374. The molecule has 0 atom stereocenters. The maximum absolute atomic E-state index is 12.1. The van der Waals surface area contributed by atoms with Gasteiger partial charge in [-0.05, 0) is 30.7 Å². The molecule has 5 nitrogen and oxygen atoms in total. The van der Waals surface area contributed by atoms with Crippen LogP contribution in [-0.2, 0) is 14.6 Å². The first kappa shape index (κ1) is 17.0. The number of benzene rings is 2. The van der Waals surface area contributed by atoms with E-state index in [-0.39, 0.29) is 29.4 Å². The van der Waals surface area contributed by atoms with Gasteiger partial charge in [-0.2, -0.15) is 0 Å². The van der Waals surface area contributed by atoms with E-state index >= 15 is 0 Å². The van der Waals surface area contributed by atoms with Crippen molar-refractivity contribution in [2.75, 3.05) is 18.2 Å². The molecule has 2 aromatic rings. The number of anilines is 1. The van der Waals surface area contributed by atoms with Gasteiger partial charge in [0.2, 0.25) is 5.91 Å². The number of rotatable bonds is 7. The Bertz CT molecular complexity index is 757. The summed E-state index contributed by atoms with van der Waals surface area (Å²) >= 11 is 0. The second-order valence-corrected chi connectivity index (χ2v) is 7.12. The van der Waals surface area contributed by atoms with E-state index in [1.54, 1.807) is 61.7 Å². The van der Waals surface area contributed by atoms with Crippen LogP contribution in [-0.4, -0.2) is 27.2 Å². The summed E-state index contributed by atoms with van der Waals surface area (Å²) in [6.07, 6.45) is 0.413. The summed E-state index contributed by atoms with van der Waals surface area (Å²) in [5, 5.41) is 2.73. The molecule has 0 aliphatic rings. The molecule has 0 aromatic heterocycles. The molecular formula is C17H19NO4S. The van der Waals surface area contributed by atoms with E-state index in [9.17, 15) is 13.2 Å². The molecule has 6 heteroatoms. The minimum atomic E-state index is -3.34. The minimum absolute atomic E-state index is 0.0530. The third kappa shape index (κ3) is 5.10. The van der Waals surface area contributed by atoms with Gasteiger partial charge in [-0.15, -0.1) is 0 Å². The fraction of sp³-hybridized carbons (Fsp3) is 0.235. The molecule has 0 radical (unpaired) electrons. The van der Waals surface area contributed by atoms with Crippen molar-refractivity contribution in [2.24, 2.45) is 0 Å². The summed E-state index contributed by atoms with van der Waals surface area (Å²) in [6.45, 7) is 0. The van der Waals surface area contributed by atoms with Crippen LogP contribution >= 0.6 is 0 Å². The van der Waals surface area contributed by atoms with Gasteiger partial charge in [0.05, 0.1) is 17.8 Å². The van der Waals surface area contributed by atoms with E-state index in [1.807, 2.05) is 0 Å². The molecule has 2 aromatic carbocycles. The molecule has 0 aliphatic carbocycles. The van der Waals surface area contributed by atoms with Crippen molar-refractivity contribution in [1.82, 2.24) is 0 Å². The summed E-state index contributed by atoms with van der Waals surface area (Å²) < 4.78 is 29.3. The Morgan fingerprint density at radius 3 is 2.52 bits per heavy atom. The molecule has 23 heavy (non-hydrogen) atoms. The molecule has 0 saturated heterocycles. The fourth-order valence-corrected chi connectivity index (χ4v) is 3.42. The molecular weight excluding hydrogens is 314 g/mol. The molecule has 122 valence electrons. The number of carbonyl (C=O) groups excluding carboxylic acids is 1. The molecule has 2 rings (SSSR count). The maximum Gasteiger partial charge on any atom is 0.224 e. The number of carbonyl (C=O) groups is 1. The zero-order valence-corrected chi connectivity index (χ0v) is 13.7. The molecule has 0 spiro atoms. The lowest BCUT2D eigenvalue weighted by Crippen LogP contribution is -2.14. The van der Waals surface area contributed by atoms with Gasteiger partial charge in [-0.1, -0.05) is 24.3 Å². The van der Waals surface area contributed by atoms with Gasteiger partial charge >= 0.3 is 0 Å². The topological polar surface area (TPSA) is 72.5 Å². The molecule has 0 saturated carbocycles. The standard InChI is InChI=1S/C17H19NO4S/c1-22-15-8-5-7-14(13-15)18-17(19)11-6-12-23(20,21)16-9-3-2-4-10-16/h2-5,7-10,13H,6,11-12H2,1H3,(H,18,19). The van der Waals surface area contributed by atoms with Gasteiger partial charge in [0.15, 0.2) is 9.84 Å². The Kier molecular flexibility index (Phi) is 5.76. The maximum atomic E-state index is 12.1. The minimum Gasteiger partial charge on any atom is -0.497 e. The van der Waals surface area contributed by atoms with Gasteiger partial charge in [0.1, 0.15) is 5.75 Å². The second kappa shape index (κ2) is 7.78. The van der Waals surface area contributed by atoms with Gasteiger partial charge in [-0.25, -0.2) is 8.42 Å². The Balaban J connectivity index is 1.85.